The standard InChI is InChI=1S/C22H16Cl2N2O4S2/c23-17-11-14(10-16(27)13-32(29,30)22-9-8-20(24)31-22)6-7-19(17)26-21(28)12-18(25-26)15-4-2-1-3-5-15/h1-9,11H,10,12-13H2. The number of ketones is 1. The molecule has 0 atom stereocenters. The second-order valence-electron chi connectivity index (χ2n) is 7.11. The van der Waals surface area contributed by atoms with E-state index in [4.69, 9.17) is 23.2 Å². The molecule has 4 rings (SSSR count). The molecule has 1 aromatic heterocycles. The fraction of sp³-hybridized carbons (Fsp3) is 0.136. The molecule has 6 nitrogen and oxygen atoms in total. The van der Waals surface area contributed by atoms with Crippen molar-refractivity contribution in [3.8, 4) is 0 Å². The molecule has 0 bridgehead atoms. The number of hydrogen-bond donors (Lipinski definition) is 0. The van der Waals surface area contributed by atoms with Gasteiger partial charge in [0.1, 0.15) is 9.96 Å². The van der Waals surface area contributed by atoms with E-state index in [0.717, 1.165) is 16.9 Å². The average molecular weight is 507 g/mol. The van der Waals surface area contributed by atoms with Gasteiger partial charge >= 0.3 is 0 Å². The van der Waals surface area contributed by atoms with Crippen molar-refractivity contribution in [3.63, 3.8) is 0 Å². The van der Waals surface area contributed by atoms with Crippen molar-refractivity contribution in [2.75, 3.05) is 10.8 Å². The summed E-state index contributed by atoms with van der Waals surface area (Å²) >= 11 is 13.1. The van der Waals surface area contributed by atoms with E-state index < -0.39 is 21.4 Å². The van der Waals surface area contributed by atoms with Crippen LogP contribution >= 0.6 is 34.5 Å². The number of carbonyl (C=O) groups is 2. The van der Waals surface area contributed by atoms with Crippen molar-refractivity contribution in [1.82, 2.24) is 0 Å². The van der Waals surface area contributed by atoms with Crippen LogP contribution < -0.4 is 5.01 Å². The van der Waals surface area contributed by atoms with Gasteiger partial charge in [-0.25, -0.2) is 8.42 Å². The first-order valence-electron chi connectivity index (χ1n) is 9.47. The van der Waals surface area contributed by atoms with Crippen LogP contribution in [0.1, 0.15) is 17.5 Å². The molecule has 1 amide bonds. The Labute approximate surface area is 199 Å². The van der Waals surface area contributed by atoms with Gasteiger partial charge in [-0.15, -0.1) is 11.3 Å². The van der Waals surface area contributed by atoms with E-state index in [1.165, 1.54) is 17.1 Å². The lowest BCUT2D eigenvalue weighted by molar-refractivity contribution is -0.117. The summed E-state index contributed by atoms with van der Waals surface area (Å²) in [6.45, 7) is 0. The van der Waals surface area contributed by atoms with Crippen LogP contribution in [-0.2, 0) is 25.8 Å². The highest BCUT2D eigenvalue weighted by molar-refractivity contribution is 7.94. The molecule has 0 N–H and O–H groups in total. The summed E-state index contributed by atoms with van der Waals surface area (Å²) in [7, 11) is -3.75. The minimum absolute atomic E-state index is 0.0591. The molecule has 10 heteroatoms. The van der Waals surface area contributed by atoms with Gasteiger partial charge < -0.3 is 0 Å². The number of thiophene rings is 1. The number of nitrogens with zero attached hydrogens (tertiary/aromatic N) is 2. The van der Waals surface area contributed by atoms with Crippen LogP contribution in [0, 0.1) is 0 Å². The summed E-state index contributed by atoms with van der Waals surface area (Å²) in [4.78, 5) is 24.9. The number of halogens is 2. The molecule has 0 fully saturated rings. The molecule has 1 aliphatic rings. The molecule has 2 heterocycles. The zero-order valence-corrected chi connectivity index (χ0v) is 19.6. The number of carbonyl (C=O) groups excluding carboxylic acids is 2. The number of rotatable bonds is 7. The summed E-state index contributed by atoms with van der Waals surface area (Å²) in [5, 5.41) is 5.90. The summed E-state index contributed by atoms with van der Waals surface area (Å²) in [6.07, 6.45) is 0.0516. The third kappa shape index (κ3) is 4.94. The summed E-state index contributed by atoms with van der Waals surface area (Å²) in [6, 6.07) is 17.0. The lowest BCUT2D eigenvalue weighted by atomic mass is 10.1. The van der Waals surface area contributed by atoms with E-state index in [-0.39, 0.29) is 28.0 Å². The Morgan fingerprint density at radius 2 is 1.81 bits per heavy atom. The van der Waals surface area contributed by atoms with E-state index in [2.05, 4.69) is 5.10 Å². The number of hydrogen-bond acceptors (Lipinski definition) is 6. The topological polar surface area (TPSA) is 83.9 Å². The average Bonchev–Trinajstić information content (AvgIpc) is 3.35. The van der Waals surface area contributed by atoms with Gasteiger partial charge in [-0.3, -0.25) is 9.59 Å². The molecular weight excluding hydrogens is 491 g/mol. The molecule has 164 valence electrons. The highest BCUT2D eigenvalue weighted by Gasteiger charge is 2.28. The maximum atomic E-state index is 12.5. The number of benzene rings is 2. The van der Waals surface area contributed by atoms with E-state index in [9.17, 15) is 18.0 Å². The SMILES string of the molecule is O=C(Cc1ccc(N2N=C(c3ccccc3)CC2=O)c(Cl)c1)CS(=O)(=O)c1ccc(Cl)s1. The van der Waals surface area contributed by atoms with Crippen LogP contribution in [0.25, 0.3) is 0 Å². The fourth-order valence-electron chi connectivity index (χ4n) is 3.27. The van der Waals surface area contributed by atoms with Crippen molar-refractivity contribution >= 4 is 67.5 Å². The third-order valence-corrected chi connectivity index (χ3v) is 8.52. The third-order valence-electron chi connectivity index (χ3n) is 4.73. The minimum Gasteiger partial charge on any atom is -0.298 e. The van der Waals surface area contributed by atoms with Gasteiger partial charge in [0, 0.05) is 6.42 Å². The Balaban J connectivity index is 1.48. The van der Waals surface area contributed by atoms with Gasteiger partial charge in [-0.1, -0.05) is 59.6 Å². The molecule has 32 heavy (non-hydrogen) atoms. The monoisotopic (exact) mass is 506 g/mol. The van der Waals surface area contributed by atoms with Crippen LogP contribution in [0.15, 0.2) is 70.0 Å². The Hall–Kier alpha value is -2.52. The molecule has 0 aliphatic carbocycles. The van der Waals surface area contributed by atoms with Crippen molar-refractivity contribution in [1.29, 1.82) is 0 Å². The van der Waals surface area contributed by atoms with Crippen molar-refractivity contribution in [3.05, 3.63) is 81.1 Å². The van der Waals surface area contributed by atoms with Gasteiger partial charge in [0.15, 0.2) is 15.6 Å². The van der Waals surface area contributed by atoms with Crippen molar-refractivity contribution < 1.29 is 18.0 Å². The summed E-state index contributed by atoms with van der Waals surface area (Å²) in [5.41, 5.74) is 2.45. The Morgan fingerprint density at radius 3 is 2.47 bits per heavy atom. The molecule has 0 radical (unpaired) electrons. The van der Waals surface area contributed by atoms with Gasteiger partial charge in [0.2, 0.25) is 0 Å². The molecular formula is C22H16Cl2N2O4S2. The van der Waals surface area contributed by atoms with Gasteiger partial charge in [-0.05, 0) is 35.4 Å². The first-order chi connectivity index (χ1) is 15.2. The van der Waals surface area contributed by atoms with Crippen LogP contribution in [-0.4, -0.2) is 31.6 Å². The fourth-order valence-corrected chi connectivity index (χ4v) is 6.36. The number of anilines is 1. The number of hydrazone groups is 1. The largest absolute Gasteiger partial charge is 0.298 e. The molecule has 1 aliphatic heterocycles. The summed E-state index contributed by atoms with van der Waals surface area (Å²) in [5.74, 6) is -1.31. The molecule has 3 aromatic rings. The van der Waals surface area contributed by atoms with E-state index >= 15 is 0 Å². The second-order valence-corrected chi connectivity index (χ2v) is 11.5. The predicted octanol–water partition coefficient (Wildman–Crippen LogP) is 4.78. The maximum absolute atomic E-state index is 12.5. The highest BCUT2D eigenvalue weighted by Crippen LogP contribution is 2.31. The number of sulfone groups is 1. The number of Topliss-reactive ketones (excluding diaryl/α,β-unsaturated/α-hetero) is 1. The zero-order valence-electron chi connectivity index (χ0n) is 16.5. The quantitative estimate of drug-likeness (QED) is 0.461. The van der Waals surface area contributed by atoms with Crippen LogP contribution in [0.5, 0.6) is 0 Å². The Bertz CT molecular complexity index is 1330. The normalized spacial score (nSPS) is 14.0. The first-order valence-corrected chi connectivity index (χ1v) is 12.7. The molecule has 0 unspecified atom stereocenters. The van der Waals surface area contributed by atoms with E-state index in [1.807, 2.05) is 30.3 Å². The van der Waals surface area contributed by atoms with Crippen molar-refractivity contribution in [2.45, 2.75) is 17.1 Å². The summed E-state index contributed by atoms with van der Waals surface area (Å²) < 4.78 is 25.1. The molecule has 0 saturated heterocycles. The lowest BCUT2D eigenvalue weighted by Crippen LogP contribution is -2.20. The van der Waals surface area contributed by atoms with Crippen molar-refractivity contribution in [2.24, 2.45) is 5.10 Å². The van der Waals surface area contributed by atoms with Crippen LogP contribution in [0.4, 0.5) is 5.69 Å². The second kappa shape index (κ2) is 9.15. The van der Waals surface area contributed by atoms with Crippen LogP contribution in [0.3, 0.4) is 0 Å². The van der Waals surface area contributed by atoms with Gasteiger partial charge in [0.05, 0.1) is 27.2 Å². The first kappa shape index (κ1) is 22.7. The molecule has 2 aromatic carbocycles. The maximum Gasteiger partial charge on any atom is 0.253 e. The van der Waals surface area contributed by atoms with Gasteiger partial charge in [-0.2, -0.15) is 10.1 Å². The Morgan fingerprint density at radius 1 is 1.06 bits per heavy atom. The predicted molar refractivity (Wildman–Crippen MR) is 127 cm³/mol. The highest BCUT2D eigenvalue weighted by atomic mass is 35.5. The van der Waals surface area contributed by atoms with Gasteiger partial charge in [0.25, 0.3) is 5.91 Å². The minimum atomic E-state index is -3.75. The smallest absolute Gasteiger partial charge is 0.253 e. The molecule has 0 saturated carbocycles. The molecule has 0 spiro atoms. The van der Waals surface area contributed by atoms with E-state index in [0.29, 0.717) is 21.3 Å². The van der Waals surface area contributed by atoms with E-state index in [1.54, 1.807) is 18.2 Å². The zero-order chi connectivity index (χ0) is 22.9. The number of amides is 1. The lowest BCUT2D eigenvalue weighted by Gasteiger charge is -2.14. The Kier molecular flexibility index (Phi) is 6.48. The van der Waals surface area contributed by atoms with Crippen LogP contribution in [0.2, 0.25) is 9.36 Å².